The third-order valence-electron chi connectivity index (χ3n) is 15.7. The molecule has 472 valence electrons. The van der Waals surface area contributed by atoms with Crippen LogP contribution in [0, 0.1) is 23.3 Å². The maximum Gasteiger partial charge on any atom is 0.348 e. The molecule has 1 aliphatic carbocycles. The molecule has 0 fully saturated rings. The molecule has 0 unspecified atom stereocenters. The van der Waals surface area contributed by atoms with E-state index in [-0.39, 0.29) is 73.4 Å². The van der Waals surface area contributed by atoms with Crippen LogP contribution >= 0.6 is 31.9 Å². The lowest BCUT2D eigenvalue weighted by molar-refractivity contribution is 0.0956. The molecule has 2 amide bonds. The summed E-state index contributed by atoms with van der Waals surface area (Å²) in [6.45, 7) is 0.731. The number of anilines is 2. The number of halogens is 6. The number of rotatable bonds is 12. The maximum atomic E-state index is 14.7. The number of nitrogens with zero attached hydrogens (tertiary/aromatic N) is 6. The molecule has 0 saturated heterocycles. The summed E-state index contributed by atoms with van der Waals surface area (Å²) >= 11 is 6.40. The third kappa shape index (κ3) is 12.2. The predicted octanol–water partition coefficient (Wildman–Crippen LogP) is 11.7. The normalized spacial score (nSPS) is 12.5. The summed E-state index contributed by atoms with van der Waals surface area (Å²) in [5.74, 6) is -2.40. The van der Waals surface area contributed by atoms with Gasteiger partial charge in [-0.25, -0.2) is 44.0 Å². The summed E-state index contributed by atoms with van der Waals surface area (Å²) in [5.41, 5.74) is 5.22. The minimum absolute atomic E-state index is 0.138. The number of aromatic nitrogens is 5. The maximum absolute atomic E-state index is 14.7. The molecule has 5 aromatic heterocycles. The number of alkyl halides is 2. The molecule has 19 nitrogen and oxygen atoms in total. The molecular weight excluding hydrogens is 1370 g/mol. The van der Waals surface area contributed by atoms with Crippen molar-refractivity contribution in [3.63, 3.8) is 0 Å². The van der Waals surface area contributed by atoms with E-state index in [9.17, 15) is 53.6 Å². The van der Waals surface area contributed by atoms with Crippen molar-refractivity contribution in [1.82, 2.24) is 34.7 Å². The number of furan rings is 2. The Bertz CT molecular complexity index is 5220. The number of hydrogen-bond donors (Lipinski definition) is 3. The molecule has 2 aliphatic rings. The van der Waals surface area contributed by atoms with Gasteiger partial charge in [-0.2, -0.15) is 9.97 Å². The number of hydrogen-bond acceptors (Lipinski definition) is 12. The Labute approximate surface area is 539 Å². The standard InChI is InChI=1S/C32H25F2N5O5S.C31H24F2N4O5S.C2H4Br2/c1-35-31(40)29-21-13-20(25(37(2)45(3,42)43)16-28(21)44-30(29)17-7-9-18(33)10-8-17)23-15-27-26-14-19-22(34)5-4-6-24(19)38(26)11-12-39(27)32(41)36-23;1-34-30(38)28-22-13-21(25-14-24(35-31(39)36-25)18-11-17-5-4-6-23(33)20(17)12-18)26(37(2)43(3,40)41)15-27(22)42-29(28)16-7-9-19(32)10-8-16;3-1-2-4/h4-10,13-16H,11-12H2,1-3H3,(H,35,40);4-10,12-15H,11H2,1-3H3,(H,34,38)(H,35,36,39);1-2H2. The van der Waals surface area contributed by atoms with Crippen LogP contribution in [0.2, 0.25) is 0 Å². The van der Waals surface area contributed by atoms with Crippen molar-refractivity contribution in [1.29, 1.82) is 0 Å². The van der Waals surface area contributed by atoms with Crippen molar-refractivity contribution >= 4 is 120 Å². The van der Waals surface area contributed by atoms with Crippen molar-refractivity contribution in [2.45, 2.75) is 19.5 Å². The largest absolute Gasteiger partial charge is 0.455 e. The minimum Gasteiger partial charge on any atom is -0.455 e. The number of sulfonamides is 2. The fourth-order valence-electron chi connectivity index (χ4n) is 11.1. The molecule has 11 aromatic rings. The number of carbonyl (C=O) groups is 2. The molecule has 0 radical (unpaired) electrons. The first kappa shape index (κ1) is 64.1. The molecule has 0 atom stereocenters. The molecule has 6 aromatic carbocycles. The summed E-state index contributed by atoms with van der Waals surface area (Å²) in [6, 6.07) is 31.3. The Balaban J connectivity index is 0.000000178. The number of aryl methyl sites for hydroxylation is 1. The smallest absolute Gasteiger partial charge is 0.348 e. The summed E-state index contributed by atoms with van der Waals surface area (Å²) < 4.78 is 125. The fraction of sp³-hybridized carbons (Fsp3) is 0.169. The average molecular weight is 1420 g/mol. The van der Waals surface area contributed by atoms with Crippen LogP contribution in [0.3, 0.4) is 0 Å². The summed E-state index contributed by atoms with van der Waals surface area (Å²) in [7, 11) is -2.01. The van der Waals surface area contributed by atoms with E-state index in [4.69, 9.17) is 8.83 Å². The first-order chi connectivity index (χ1) is 43.8. The van der Waals surface area contributed by atoms with Crippen LogP contribution in [-0.2, 0) is 39.6 Å². The Morgan fingerprint density at radius 1 is 0.620 bits per heavy atom. The van der Waals surface area contributed by atoms with Gasteiger partial charge < -0.3 is 29.0 Å². The number of aromatic amines is 1. The molecule has 6 heterocycles. The highest BCUT2D eigenvalue weighted by Gasteiger charge is 2.31. The SMILES string of the molecule is BrCCBr.CNC(=O)c1c(-c2ccc(F)cc2)oc2cc(N(C)S(C)(=O)=O)c(-c3cc(C4=Cc5c(F)cccc5C4)nc(=O)[nH]3)cc12.CNC(=O)c1c(-c2ccc(F)cc2)oc2cc(N(C)S(C)(=O)=O)c(-c3cc4n(c(=O)n3)CCn3c-4cc4c(F)cccc43)cc12. The number of allylic oxidation sites excluding steroid dienone is 1. The van der Waals surface area contributed by atoms with Crippen molar-refractivity contribution in [3.05, 3.63) is 200 Å². The second kappa shape index (κ2) is 25.3. The zero-order valence-electron chi connectivity index (χ0n) is 49.6. The van der Waals surface area contributed by atoms with Crippen molar-refractivity contribution in [2.24, 2.45) is 0 Å². The van der Waals surface area contributed by atoms with Gasteiger partial charge >= 0.3 is 11.4 Å². The number of fused-ring (bicyclic) bond motifs is 8. The minimum atomic E-state index is -3.82. The van der Waals surface area contributed by atoms with E-state index in [0.29, 0.717) is 74.8 Å². The molecule has 0 spiro atoms. The Morgan fingerprint density at radius 3 is 1.66 bits per heavy atom. The first-order valence-corrected chi connectivity index (χ1v) is 33.9. The van der Waals surface area contributed by atoms with Gasteiger partial charge in [0.2, 0.25) is 20.0 Å². The topological polar surface area (TPSA) is 245 Å². The zero-order valence-corrected chi connectivity index (χ0v) is 54.4. The molecular formula is C65H53Br2F4N9O10S2. The lowest BCUT2D eigenvalue weighted by Crippen LogP contribution is -2.30. The van der Waals surface area contributed by atoms with Gasteiger partial charge in [-0.1, -0.05) is 50.1 Å². The van der Waals surface area contributed by atoms with Crippen molar-refractivity contribution < 1.29 is 52.8 Å². The Morgan fingerprint density at radius 2 is 1.13 bits per heavy atom. The van der Waals surface area contributed by atoms with E-state index in [1.165, 1.54) is 106 Å². The van der Waals surface area contributed by atoms with Gasteiger partial charge in [0.25, 0.3) is 11.8 Å². The number of benzene rings is 6. The average Bonchev–Trinajstić information content (AvgIpc) is 1.55. The first-order valence-electron chi connectivity index (χ1n) is 28.0. The van der Waals surface area contributed by atoms with Gasteiger partial charge in [-0.3, -0.25) is 22.8 Å². The van der Waals surface area contributed by atoms with Gasteiger partial charge in [0.05, 0.1) is 69.0 Å². The molecule has 13 rings (SSSR count). The molecule has 92 heavy (non-hydrogen) atoms. The summed E-state index contributed by atoms with van der Waals surface area (Å²) in [6.07, 6.45) is 4.05. The summed E-state index contributed by atoms with van der Waals surface area (Å²) in [4.78, 5) is 63.8. The van der Waals surface area contributed by atoms with Gasteiger partial charge in [-0.05, 0) is 114 Å². The highest BCUT2D eigenvalue weighted by molar-refractivity contribution is 9.11. The highest BCUT2D eigenvalue weighted by Crippen LogP contribution is 2.44. The fourth-order valence-corrected chi connectivity index (χ4v) is 12.1. The van der Waals surface area contributed by atoms with Crippen LogP contribution < -0.4 is 30.6 Å². The van der Waals surface area contributed by atoms with Gasteiger partial charge in [0.1, 0.15) is 46.0 Å². The van der Waals surface area contributed by atoms with Crippen LogP contribution in [0.15, 0.2) is 146 Å². The zero-order chi connectivity index (χ0) is 65.8. The van der Waals surface area contributed by atoms with Crippen LogP contribution in [0.25, 0.3) is 101 Å². The molecule has 0 saturated carbocycles. The number of nitrogens with one attached hydrogen (secondary N) is 3. The van der Waals surface area contributed by atoms with Gasteiger partial charge in [0.15, 0.2) is 0 Å². The number of amides is 2. The lowest BCUT2D eigenvalue weighted by Gasteiger charge is -2.23. The third-order valence-corrected chi connectivity index (χ3v) is 19.9. The molecule has 1 aliphatic heterocycles. The van der Waals surface area contributed by atoms with Gasteiger partial charge in [0, 0.05) is 114 Å². The monoisotopic (exact) mass is 1420 g/mol. The predicted molar refractivity (Wildman–Crippen MR) is 354 cm³/mol. The van der Waals surface area contributed by atoms with E-state index in [2.05, 4.69) is 57.4 Å². The lowest BCUT2D eigenvalue weighted by atomic mass is 10.00. The Hall–Kier alpha value is -9.44. The van der Waals surface area contributed by atoms with E-state index in [0.717, 1.165) is 37.3 Å². The number of carbonyl (C=O) groups excluding carboxylic acids is 2. The summed E-state index contributed by atoms with van der Waals surface area (Å²) in [5, 5.41) is 8.34. The molecule has 3 N–H and O–H groups in total. The van der Waals surface area contributed by atoms with E-state index in [1.807, 2.05) is 10.6 Å². The van der Waals surface area contributed by atoms with Crippen molar-refractivity contribution in [3.8, 4) is 56.6 Å². The highest BCUT2D eigenvalue weighted by atomic mass is 79.9. The molecule has 27 heteroatoms. The van der Waals surface area contributed by atoms with Crippen LogP contribution in [0.4, 0.5) is 28.9 Å². The number of H-pyrrole nitrogens is 1. The second-order valence-corrected chi connectivity index (χ2v) is 26.9. The van der Waals surface area contributed by atoms with Gasteiger partial charge in [-0.15, -0.1) is 0 Å². The Kier molecular flexibility index (Phi) is 17.6. The quantitative estimate of drug-likeness (QED) is 0.0764. The van der Waals surface area contributed by atoms with Crippen LogP contribution in [0.5, 0.6) is 0 Å². The van der Waals surface area contributed by atoms with Crippen molar-refractivity contribution in [2.75, 3.05) is 60.0 Å². The molecule has 0 bridgehead atoms. The van der Waals surface area contributed by atoms with Crippen LogP contribution in [0.1, 0.15) is 37.5 Å². The second-order valence-electron chi connectivity index (χ2n) is 21.3. The van der Waals surface area contributed by atoms with Crippen LogP contribution in [-0.4, -0.2) is 104 Å². The van der Waals surface area contributed by atoms with E-state index in [1.54, 1.807) is 54.6 Å². The van der Waals surface area contributed by atoms with E-state index < -0.39 is 66.5 Å². The van der Waals surface area contributed by atoms with E-state index >= 15 is 0 Å².